The van der Waals surface area contributed by atoms with Crippen molar-refractivity contribution >= 4 is 0 Å². The molecule has 0 nitrogen and oxygen atoms in total. The van der Waals surface area contributed by atoms with Crippen molar-refractivity contribution in [3.8, 4) is 0 Å². The predicted molar refractivity (Wildman–Crippen MR) is 57.3 cm³/mol. The van der Waals surface area contributed by atoms with E-state index in [9.17, 15) is 0 Å². The molecule has 0 saturated carbocycles. The zero-order valence-electron chi connectivity index (χ0n) is 8.98. The SMILES string of the molecule is C/C=C(/CC)CC/C(=C\C)CC. The number of allylic oxidation sites excluding steroid dienone is 4. The molecular weight excluding hydrogens is 144 g/mol. The number of hydrogen-bond acceptors (Lipinski definition) is 0. The standard InChI is InChI=1S/C12H22/c1-5-11(6-2)9-10-12(7-3)8-4/h5,7H,6,8-10H2,1-4H3/b11-5-,12-7-. The zero-order valence-corrected chi connectivity index (χ0v) is 8.98. The molecule has 0 aromatic carbocycles. The van der Waals surface area contributed by atoms with E-state index >= 15 is 0 Å². The molecule has 0 bridgehead atoms. The Kier molecular flexibility index (Phi) is 6.84. The van der Waals surface area contributed by atoms with Crippen molar-refractivity contribution in [1.29, 1.82) is 0 Å². The van der Waals surface area contributed by atoms with Gasteiger partial charge in [-0.05, 0) is 39.5 Å². The van der Waals surface area contributed by atoms with Gasteiger partial charge in [-0.25, -0.2) is 0 Å². The van der Waals surface area contributed by atoms with Gasteiger partial charge in [-0.1, -0.05) is 37.1 Å². The van der Waals surface area contributed by atoms with Crippen LogP contribution in [0.5, 0.6) is 0 Å². The van der Waals surface area contributed by atoms with E-state index in [0.29, 0.717) is 0 Å². The van der Waals surface area contributed by atoms with E-state index in [-0.39, 0.29) is 0 Å². The quantitative estimate of drug-likeness (QED) is 0.528. The van der Waals surface area contributed by atoms with Gasteiger partial charge >= 0.3 is 0 Å². The zero-order chi connectivity index (χ0) is 9.40. The monoisotopic (exact) mass is 166 g/mol. The van der Waals surface area contributed by atoms with Gasteiger partial charge in [-0.15, -0.1) is 0 Å². The summed E-state index contributed by atoms with van der Waals surface area (Å²) in [6.07, 6.45) is 9.42. The molecule has 0 amide bonds. The second-order valence-electron chi connectivity index (χ2n) is 3.10. The maximum Gasteiger partial charge on any atom is -0.0283 e. The van der Waals surface area contributed by atoms with Gasteiger partial charge in [-0.3, -0.25) is 0 Å². The van der Waals surface area contributed by atoms with Gasteiger partial charge in [0.2, 0.25) is 0 Å². The summed E-state index contributed by atoms with van der Waals surface area (Å²) in [6.45, 7) is 8.74. The molecule has 0 saturated heterocycles. The lowest BCUT2D eigenvalue weighted by Gasteiger charge is -2.05. The lowest BCUT2D eigenvalue weighted by molar-refractivity contribution is 0.837. The van der Waals surface area contributed by atoms with Crippen molar-refractivity contribution in [1.82, 2.24) is 0 Å². The summed E-state index contributed by atoms with van der Waals surface area (Å²) in [4.78, 5) is 0. The minimum Gasteiger partial charge on any atom is -0.0885 e. The highest BCUT2D eigenvalue weighted by Crippen LogP contribution is 2.16. The highest BCUT2D eigenvalue weighted by Gasteiger charge is 1.95. The Morgan fingerprint density at radius 2 is 1.17 bits per heavy atom. The molecule has 0 aromatic rings. The number of rotatable bonds is 5. The molecule has 0 aliphatic heterocycles. The topological polar surface area (TPSA) is 0 Å². The first-order valence-electron chi connectivity index (χ1n) is 5.06. The van der Waals surface area contributed by atoms with Crippen LogP contribution in [-0.4, -0.2) is 0 Å². The summed E-state index contributed by atoms with van der Waals surface area (Å²) >= 11 is 0. The van der Waals surface area contributed by atoms with Crippen molar-refractivity contribution in [2.45, 2.75) is 53.4 Å². The van der Waals surface area contributed by atoms with Crippen LogP contribution in [0.15, 0.2) is 23.3 Å². The van der Waals surface area contributed by atoms with Crippen LogP contribution in [0.1, 0.15) is 53.4 Å². The maximum atomic E-state index is 2.25. The van der Waals surface area contributed by atoms with Gasteiger partial charge < -0.3 is 0 Å². The van der Waals surface area contributed by atoms with Crippen LogP contribution in [-0.2, 0) is 0 Å². The largest absolute Gasteiger partial charge is 0.0885 e. The van der Waals surface area contributed by atoms with Crippen LogP contribution in [0.25, 0.3) is 0 Å². The van der Waals surface area contributed by atoms with Gasteiger partial charge in [0.1, 0.15) is 0 Å². The molecular formula is C12H22. The molecule has 0 fully saturated rings. The molecule has 0 atom stereocenters. The average molecular weight is 166 g/mol. The van der Waals surface area contributed by atoms with E-state index in [2.05, 4.69) is 39.8 Å². The third-order valence-electron chi connectivity index (χ3n) is 2.49. The fourth-order valence-corrected chi connectivity index (χ4v) is 1.37. The second kappa shape index (κ2) is 7.15. The van der Waals surface area contributed by atoms with Crippen LogP contribution in [0.4, 0.5) is 0 Å². The van der Waals surface area contributed by atoms with Crippen molar-refractivity contribution in [3.63, 3.8) is 0 Å². The molecule has 0 unspecified atom stereocenters. The number of hydrogen-bond donors (Lipinski definition) is 0. The fraction of sp³-hybridized carbons (Fsp3) is 0.667. The first-order valence-corrected chi connectivity index (χ1v) is 5.06. The molecule has 0 radical (unpaired) electrons. The predicted octanol–water partition coefficient (Wildman–Crippen LogP) is 4.48. The average Bonchev–Trinajstić information content (AvgIpc) is 2.13. The highest BCUT2D eigenvalue weighted by atomic mass is 14.0. The lowest BCUT2D eigenvalue weighted by atomic mass is 10.0. The van der Waals surface area contributed by atoms with E-state index < -0.39 is 0 Å². The third-order valence-corrected chi connectivity index (χ3v) is 2.49. The Labute approximate surface area is 77.4 Å². The molecule has 12 heavy (non-hydrogen) atoms. The Morgan fingerprint density at radius 3 is 1.33 bits per heavy atom. The van der Waals surface area contributed by atoms with Gasteiger partial charge in [0.05, 0.1) is 0 Å². The van der Waals surface area contributed by atoms with Crippen LogP contribution >= 0.6 is 0 Å². The molecule has 0 aliphatic rings. The molecule has 0 aromatic heterocycles. The summed E-state index contributed by atoms with van der Waals surface area (Å²) in [6, 6.07) is 0. The Hall–Kier alpha value is -0.520. The maximum absolute atomic E-state index is 2.25. The molecule has 0 rings (SSSR count). The van der Waals surface area contributed by atoms with Crippen LogP contribution < -0.4 is 0 Å². The smallest absolute Gasteiger partial charge is 0.0283 e. The second-order valence-corrected chi connectivity index (χ2v) is 3.10. The van der Waals surface area contributed by atoms with Crippen molar-refractivity contribution in [2.24, 2.45) is 0 Å². The van der Waals surface area contributed by atoms with E-state index in [1.54, 1.807) is 11.1 Å². The van der Waals surface area contributed by atoms with Crippen LogP contribution in [0.2, 0.25) is 0 Å². The molecule has 0 N–H and O–H groups in total. The Morgan fingerprint density at radius 1 is 0.833 bits per heavy atom. The van der Waals surface area contributed by atoms with Gasteiger partial charge in [0.25, 0.3) is 0 Å². The lowest BCUT2D eigenvalue weighted by Crippen LogP contribution is -1.85. The fourth-order valence-electron chi connectivity index (χ4n) is 1.37. The first-order chi connectivity index (χ1) is 5.78. The Balaban J connectivity index is 3.81. The van der Waals surface area contributed by atoms with Gasteiger partial charge in [-0.2, -0.15) is 0 Å². The normalized spacial score (nSPS) is 13.7. The molecule has 70 valence electrons. The molecule has 0 aliphatic carbocycles. The van der Waals surface area contributed by atoms with Crippen molar-refractivity contribution in [3.05, 3.63) is 23.3 Å². The summed E-state index contributed by atoms with van der Waals surface area (Å²) in [5, 5.41) is 0. The third kappa shape index (κ3) is 4.38. The van der Waals surface area contributed by atoms with E-state index in [1.165, 1.54) is 25.7 Å². The van der Waals surface area contributed by atoms with Gasteiger partial charge in [0, 0.05) is 0 Å². The summed E-state index contributed by atoms with van der Waals surface area (Å²) in [5.74, 6) is 0. The molecule has 0 spiro atoms. The minimum absolute atomic E-state index is 1.21. The van der Waals surface area contributed by atoms with E-state index in [4.69, 9.17) is 0 Å². The summed E-state index contributed by atoms with van der Waals surface area (Å²) in [7, 11) is 0. The van der Waals surface area contributed by atoms with E-state index in [0.717, 1.165) is 0 Å². The summed E-state index contributed by atoms with van der Waals surface area (Å²) < 4.78 is 0. The van der Waals surface area contributed by atoms with E-state index in [1.807, 2.05) is 0 Å². The highest BCUT2D eigenvalue weighted by molar-refractivity contribution is 5.06. The minimum atomic E-state index is 1.21. The molecule has 0 heteroatoms. The molecule has 0 heterocycles. The summed E-state index contributed by atoms with van der Waals surface area (Å²) in [5.41, 5.74) is 3.17. The Bertz CT molecular complexity index is 141. The first kappa shape index (κ1) is 11.5. The van der Waals surface area contributed by atoms with Crippen LogP contribution in [0, 0.1) is 0 Å². The van der Waals surface area contributed by atoms with Crippen molar-refractivity contribution < 1.29 is 0 Å². The van der Waals surface area contributed by atoms with Crippen LogP contribution in [0.3, 0.4) is 0 Å². The van der Waals surface area contributed by atoms with Crippen molar-refractivity contribution in [2.75, 3.05) is 0 Å². The van der Waals surface area contributed by atoms with Gasteiger partial charge in [0.15, 0.2) is 0 Å².